The predicted octanol–water partition coefficient (Wildman–Crippen LogP) is -0.350. The van der Waals surface area contributed by atoms with Gasteiger partial charge in [-0.15, -0.1) is 0 Å². The van der Waals surface area contributed by atoms with Crippen LogP contribution < -0.4 is 16.8 Å². The Bertz CT molecular complexity index is 260. The van der Waals surface area contributed by atoms with E-state index in [9.17, 15) is 4.79 Å². The molecule has 0 saturated carbocycles. The molecule has 5 N–H and O–H groups in total. The molecule has 1 aromatic rings. The van der Waals surface area contributed by atoms with Crippen molar-refractivity contribution < 1.29 is 4.79 Å². The number of thiophene rings is 1. The Labute approximate surface area is 80.9 Å². The molecule has 1 rings (SSSR count). The number of carbonyl (C=O) groups excluding carboxylic acids is 1. The van der Waals surface area contributed by atoms with Gasteiger partial charge in [0.2, 0.25) is 5.91 Å². The van der Waals surface area contributed by atoms with Crippen molar-refractivity contribution in [3.63, 3.8) is 0 Å². The van der Waals surface area contributed by atoms with Crippen LogP contribution in [0, 0.1) is 0 Å². The smallest absolute Gasteiger partial charge is 0.235 e. The van der Waals surface area contributed by atoms with E-state index in [1.54, 1.807) is 11.3 Å². The van der Waals surface area contributed by atoms with Gasteiger partial charge in [-0.1, -0.05) is 0 Å². The van der Waals surface area contributed by atoms with Crippen LogP contribution in [0.4, 0.5) is 0 Å². The van der Waals surface area contributed by atoms with Crippen LogP contribution in [-0.2, 0) is 11.3 Å². The molecule has 0 aromatic carbocycles. The van der Waals surface area contributed by atoms with Gasteiger partial charge in [-0.2, -0.15) is 11.3 Å². The van der Waals surface area contributed by atoms with E-state index in [4.69, 9.17) is 11.5 Å². The molecular formula is C8H13N3OS. The highest BCUT2D eigenvalue weighted by molar-refractivity contribution is 7.07. The Morgan fingerprint density at radius 3 is 3.00 bits per heavy atom. The Morgan fingerprint density at radius 1 is 1.69 bits per heavy atom. The van der Waals surface area contributed by atoms with E-state index in [2.05, 4.69) is 5.32 Å². The van der Waals surface area contributed by atoms with E-state index in [1.165, 1.54) is 5.56 Å². The fourth-order valence-corrected chi connectivity index (χ4v) is 1.53. The van der Waals surface area contributed by atoms with Crippen LogP contribution >= 0.6 is 11.3 Å². The van der Waals surface area contributed by atoms with Gasteiger partial charge >= 0.3 is 0 Å². The largest absolute Gasteiger partial charge is 0.368 e. The SMILES string of the molecule is NC(=O)C(N)CNCc1ccsc1. The molecule has 1 amide bonds. The van der Waals surface area contributed by atoms with Gasteiger partial charge in [-0.3, -0.25) is 4.79 Å². The maximum Gasteiger partial charge on any atom is 0.235 e. The minimum Gasteiger partial charge on any atom is -0.368 e. The Kier molecular flexibility index (Phi) is 3.88. The van der Waals surface area contributed by atoms with Crippen molar-refractivity contribution >= 4 is 17.2 Å². The van der Waals surface area contributed by atoms with E-state index < -0.39 is 11.9 Å². The fourth-order valence-electron chi connectivity index (χ4n) is 0.866. The standard InChI is InChI=1S/C8H13N3OS/c9-7(8(10)12)4-11-3-6-1-2-13-5-6/h1-2,5,7,11H,3-4,9H2,(H2,10,12). The summed E-state index contributed by atoms with van der Waals surface area (Å²) in [6.07, 6.45) is 0. The Morgan fingerprint density at radius 2 is 2.46 bits per heavy atom. The van der Waals surface area contributed by atoms with Crippen molar-refractivity contribution in [1.82, 2.24) is 5.32 Å². The quantitative estimate of drug-likeness (QED) is 0.606. The summed E-state index contributed by atoms with van der Waals surface area (Å²) in [6, 6.07) is 1.42. The van der Waals surface area contributed by atoms with Gasteiger partial charge in [0, 0.05) is 13.1 Å². The van der Waals surface area contributed by atoms with Gasteiger partial charge in [-0.05, 0) is 22.4 Å². The van der Waals surface area contributed by atoms with Crippen molar-refractivity contribution in [2.75, 3.05) is 6.54 Å². The first kappa shape index (κ1) is 10.2. The second-order valence-corrected chi connectivity index (χ2v) is 3.55. The molecule has 13 heavy (non-hydrogen) atoms. The topological polar surface area (TPSA) is 81.1 Å². The first-order valence-electron chi connectivity index (χ1n) is 3.97. The first-order chi connectivity index (χ1) is 6.20. The molecule has 0 fully saturated rings. The molecule has 0 aliphatic heterocycles. The van der Waals surface area contributed by atoms with Gasteiger partial charge in [0.25, 0.3) is 0 Å². The van der Waals surface area contributed by atoms with Crippen molar-refractivity contribution in [2.24, 2.45) is 11.5 Å². The molecule has 4 nitrogen and oxygen atoms in total. The highest BCUT2D eigenvalue weighted by Gasteiger charge is 2.07. The summed E-state index contributed by atoms with van der Waals surface area (Å²) in [6.45, 7) is 1.15. The van der Waals surface area contributed by atoms with Crippen LogP contribution in [-0.4, -0.2) is 18.5 Å². The zero-order valence-corrected chi connectivity index (χ0v) is 8.01. The third kappa shape index (κ3) is 3.54. The number of amides is 1. The van der Waals surface area contributed by atoms with E-state index in [0.717, 1.165) is 6.54 Å². The summed E-state index contributed by atoms with van der Waals surface area (Å²) in [5, 5.41) is 7.10. The number of nitrogens with two attached hydrogens (primary N) is 2. The summed E-state index contributed by atoms with van der Waals surface area (Å²) >= 11 is 1.64. The van der Waals surface area contributed by atoms with E-state index in [-0.39, 0.29) is 0 Å². The number of rotatable bonds is 5. The highest BCUT2D eigenvalue weighted by Crippen LogP contribution is 2.04. The fraction of sp³-hybridized carbons (Fsp3) is 0.375. The Hall–Kier alpha value is -0.910. The van der Waals surface area contributed by atoms with Crippen molar-refractivity contribution in [2.45, 2.75) is 12.6 Å². The lowest BCUT2D eigenvalue weighted by Crippen LogP contribution is -2.44. The molecule has 72 valence electrons. The minimum atomic E-state index is -0.598. The molecule has 0 aliphatic carbocycles. The summed E-state index contributed by atoms with van der Waals surface area (Å²) in [5.74, 6) is -0.474. The zero-order valence-electron chi connectivity index (χ0n) is 7.19. The molecule has 0 radical (unpaired) electrons. The van der Waals surface area contributed by atoms with Crippen molar-refractivity contribution in [3.05, 3.63) is 22.4 Å². The molecule has 0 aliphatic rings. The van der Waals surface area contributed by atoms with Gasteiger partial charge in [0.15, 0.2) is 0 Å². The normalized spacial score (nSPS) is 12.7. The average Bonchev–Trinajstić information content (AvgIpc) is 2.56. The zero-order chi connectivity index (χ0) is 9.68. The van der Waals surface area contributed by atoms with E-state index in [1.807, 2.05) is 16.8 Å². The predicted molar refractivity (Wildman–Crippen MR) is 53.2 cm³/mol. The van der Waals surface area contributed by atoms with Crippen LogP contribution in [0.5, 0.6) is 0 Å². The first-order valence-corrected chi connectivity index (χ1v) is 4.91. The molecular weight excluding hydrogens is 186 g/mol. The summed E-state index contributed by atoms with van der Waals surface area (Å²) in [4.78, 5) is 10.6. The van der Waals surface area contributed by atoms with E-state index in [0.29, 0.717) is 6.54 Å². The van der Waals surface area contributed by atoms with E-state index >= 15 is 0 Å². The molecule has 0 spiro atoms. The highest BCUT2D eigenvalue weighted by atomic mass is 32.1. The lowest BCUT2D eigenvalue weighted by atomic mass is 10.3. The van der Waals surface area contributed by atoms with Crippen LogP contribution in [0.25, 0.3) is 0 Å². The minimum absolute atomic E-state index is 0.422. The third-order valence-corrected chi connectivity index (χ3v) is 2.37. The second kappa shape index (κ2) is 4.96. The lowest BCUT2D eigenvalue weighted by molar-refractivity contribution is -0.119. The summed E-state index contributed by atoms with van der Waals surface area (Å²) < 4.78 is 0. The second-order valence-electron chi connectivity index (χ2n) is 2.77. The number of primary amides is 1. The molecule has 1 aromatic heterocycles. The number of carbonyl (C=O) groups is 1. The van der Waals surface area contributed by atoms with Crippen molar-refractivity contribution in [1.29, 1.82) is 0 Å². The van der Waals surface area contributed by atoms with Crippen molar-refractivity contribution in [3.8, 4) is 0 Å². The molecule has 1 atom stereocenters. The Balaban J connectivity index is 2.18. The van der Waals surface area contributed by atoms with Crippen LogP contribution in [0.1, 0.15) is 5.56 Å². The van der Waals surface area contributed by atoms with Gasteiger partial charge in [0.1, 0.15) is 0 Å². The van der Waals surface area contributed by atoms with Crippen LogP contribution in [0.2, 0.25) is 0 Å². The molecule has 0 saturated heterocycles. The molecule has 1 heterocycles. The molecule has 1 unspecified atom stereocenters. The third-order valence-electron chi connectivity index (χ3n) is 1.64. The lowest BCUT2D eigenvalue weighted by Gasteiger charge is -2.07. The van der Waals surface area contributed by atoms with Crippen LogP contribution in [0.3, 0.4) is 0 Å². The molecule has 0 bridgehead atoms. The van der Waals surface area contributed by atoms with Crippen LogP contribution in [0.15, 0.2) is 16.8 Å². The van der Waals surface area contributed by atoms with Gasteiger partial charge in [0.05, 0.1) is 6.04 Å². The van der Waals surface area contributed by atoms with Gasteiger partial charge in [-0.25, -0.2) is 0 Å². The average molecular weight is 199 g/mol. The number of hydrogen-bond donors (Lipinski definition) is 3. The summed E-state index contributed by atoms with van der Waals surface area (Å²) in [7, 11) is 0. The van der Waals surface area contributed by atoms with Gasteiger partial charge < -0.3 is 16.8 Å². The summed E-state index contributed by atoms with van der Waals surface area (Å²) in [5.41, 5.74) is 11.6. The monoisotopic (exact) mass is 199 g/mol. The molecule has 5 heteroatoms. The maximum absolute atomic E-state index is 10.6. The number of nitrogens with one attached hydrogen (secondary N) is 1. The maximum atomic E-state index is 10.6. The number of hydrogen-bond acceptors (Lipinski definition) is 4.